The van der Waals surface area contributed by atoms with E-state index in [1.165, 1.54) is 18.7 Å². The molecule has 1 N–H and O–H groups in total. The van der Waals surface area contributed by atoms with Gasteiger partial charge in [-0.3, -0.25) is 9.59 Å². The van der Waals surface area contributed by atoms with E-state index in [0.29, 0.717) is 25.0 Å². The molecule has 0 heterocycles. The summed E-state index contributed by atoms with van der Waals surface area (Å²) in [4.78, 5) is 22.2. The summed E-state index contributed by atoms with van der Waals surface area (Å²) >= 11 is 1.26. The number of carbonyl (C=O) groups excluding carboxylic acids is 1. The predicted octanol–water partition coefficient (Wildman–Crippen LogP) is 2.82. The molecule has 4 heteroatoms. The van der Waals surface area contributed by atoms with Crippen molar-refractivity contribution in [2.75, 3.05) is 5.75 Å². The Hall–Kier alpha value is -1.73. The third kappa shape index (κ3) is 3.23. The maximum absolute atomic E-state index is 11.4. The van der Waals surface area contributed by atoms with Gasteiger partial charge in [0.15, 0.2) is 5.12 Å². The number of hydrogen-bond donors (Lipinski definition) is 1. The summed E-state index contributed by atoms with van der Waals surface area (Å²) in [6.07, 6.45) is 1.99. The first kappa shape index (κ1) is 14.7. The van der Waals surface area contributed by atoms with Gasteiger partial charge in [-0.2, -0.15) is 0 Å². The van der Waals surface area contributed by atoms with Crippen molar-refractivity contribution in [1.29, 1.82) is 0 Å². The van der Waals surface area contributed by atoms with Crippen LogP contribution in [-0.4, -0.2) is 21.9 Å². The van der Waals surface area contributed by atoms with E-state index < -0.39 is 11.4 Å². The lowest BCUT2D eigenvalue weighted by Gasteiger charge is -2.12. The molecule has 0 atom stereocenters. The number of carboxylic acids is 1. The van der Waals surface area contributed by atoms with Crippen LogP contribution in [0.1, 0.15) is 37.3 Å². The Kier molecular flexibility index (Phi) is 4.51. The average molecular weight is 288 g/mol. The second kappa shape index (κ2) is 6.15. The van der Waals surface area contributed by atoms with Crippen molar-refractivity contribution in [3.8, 4) is 11.8 Å². The number of benzene rings is 1. The number of aliphatic carboxylic acids is 1. The van der Waals surface area contributed by atoms with E-state index >= 15 is 0 Å². The lowest BCUT2D eigenvalue weighted by molar-refractivity contribution is -0.140. The quantitative estimate of drug-likeness (QED) is 0.684. The molecule has 0 amide bonds. The average Bonchev–Trinajstić information content (AvgIpc) is 3.20. The summed E-state index contributed by atoms with van der Waals surface area (Å²) in [6, 6.07) is 7.45. The highest BCUT2D eigenvalue weighted by atomic mass is 32.2. The molecule has 1 aromatic carbocycles. The molecule has 1 aliphatic carbocycles. The summed E-state index contributed by atoms with van der Waals surface area (Å²) < 4.78 is 0. The highest BCUT2D eigenvalue weighted by Gasteiger charge is 2.52. The van der Waals surface area contributed by atoms with Crippen LogP contribution in [0.3, 0.4) is 0 Å². The SMILES string of the molecule is CC(=O)SCCC#Cc1ccccc1C1(C(=O)O)CC1. The van der Waals surface area contributed by atoms with Gasteiger partial charge < -0.3 is 5.11 Å². The smallest absolute Gasteiger partial charge is 0.314 e. The summed E-state index contributed by atoms with van der Waals surface area (Å²) in [5.74, 6) is 5.98. The molecular formula is C16H16O3S. The van der Waals surface area contributed by atoms with E-state index in [4.69, 9.17) is 0 Å². The number of thioether (sulfide) groups is 1. The third-order valence-corrected chi connectivity index (χ3v) is 4.17. The zero-order chi connectivity index (χ0) is 14.6. The van der Waals surface area contributed by atoms with E-state index in [0.717, 1.165) is 11.1 Å². The van der Waals surface area contributed by atoms with Crippen LogP contribution in [0.4, 0.5) is 0 Å². The standard InChI is InChI=1S/C16H16O3S/c1-12(17)20-11-5-4-7-13-6-2-3-8-14(13)16(9-10-16)15(18)19/h2-3,6,8H,5,9-11H2,1H3,(H,18,19). The summed E-state index contributed by atoms with van der Waals surface area (Å²) in [5.41, 5.74) is 0.888. The van der Waals surface area contributed by atoms with Gasteiger partial charge in [0, 0.05) is 24.7 Å². The van der Waals surface area contributed by atoms with Crippen LogP contribution in [-0.2, 0) is 15.0 Å². The molecule has 0 aliphatic heterocycles. The van der Waals surface area contributed by atoms with Gasteiger partial charge in [0.1, 0.15) is 0 Å². The van der Waals surface area contributed by atoms with Gasteiger partial charge >= 0.3 is 5.97 Å². The summed E-state index contributed by atoms with van der Waals surface area (Å²) in [7, 11) is 0. The Bertz CT molecular complexity index is 591. The molecule has 1 fully saturated rings. The van der Waals surface area contributed by atoms with Crippen molar-refractivity contribution in [1.82, 2.24) is 0 Å². The van der Waals surface area contributed by atoms with Crippen LogP contribution in [0.25, 0.3) is 0 Å². The van der Waals surface area contributed by atoms with E-state index in [1.54, 1.807) is 0 Å². The zero-order valence-electron chi connectivity index (χ0n) is 11.3. The third-order valence-electron chi connectivity index (χ3n) is 3.36. The van der Waals surface area contributed by atoms with E-state index in [9.17, 15) is 14.7 Å². The topological polar surface area (TPSA) is 54.4 Å². The number of hydrogen-bond acceptors (Lipinski definition) is 3. The Morgan fingerprint density at radius 2 is 2.05 bits per heavy atom. The number of carboxylic acid groups (broad SMARTS) is 1. The molecule has 0 spiro atoms. The van der Waals surface area contributed by atoms with Crippen LogP contribution in [0, 0.1) is 11.8 Å². The van der Waals surface area contributed by atoms with Gasteiger partial charge in [0.05, 0.1) is 5.41 Å². The maximum Gasteiger partial charge on any atom is 0.314 e. The minimum atomic E-state index is -0.765. The van der Waals surface area contributed by atoms with Crippen molar-refractivity contribution in [3.05, 3.63) is 35.4 Å². The molecular weight excluding hydrogens is 272 g/mol. The molecule has 3 nitrogen and oxygen atoms in total. The molecule has 0 bridgehead atoms. The molecule has 1 aliphatic rings. The highest BCUT2D eigenvalue weighted by molar-refractivity contribution is 8.13. The molecule has 1 aromatic rings. The maximum atomic E-state index is 11.4. The second-order valence-corrected chi connectivity index (χ2v) is 6.10. The Morgan fingerprint density at radius 1 is 1.35 bits per heavy atom. The van der Waals surface area contributed by atoms with Gasteiger partial charge in [-0.15, -0.1) is 0 Å². The fourth-order valence-electron chi connectivity index (χ4n) is 2.14. The molecule has 0 aromatic heterocycles. The molecule has 2 rings (SSSR count). The fraction of sp³-hybridized carbons (Fsp3) is 0.375. The molecule has 0 saturated heterocycles. The van der Waals surface area contributed by atoms with Gasteiger partial charge in [0.2, 0.25) is 0 Å². The van der Waals surface area contributed by atoms with Crippen LogP contribution >= 0.6 is 11.8 Å². The lowest BCUT2D eigenvalue weighted by Crippen LogP contribution is -2.20. The van der Waals surface area contributed by atoms with E-state index in [-0.39, 0.29) is 5.12 Å². The van der Waals surface area contributed by atoms with Crippen molar-refractivity contribution in [2.24, 2.45) is 0 Å². The number of carbonyl (C=O) groups is 2. The van der Waals surface area contributed by atoms with E-state index in [2.05, 4.69) is 11.8 Å². The van der Waals surface area contributed by atoms with Crippen molar-refractivity contribution in [2.45, 2.75) is 31.6 Å². The van der Waals surface area contributed by atoms with E-state index in [1.807, 2.05) is 24.3 Å². The van der Waals surface area contributed by atoms with Gasteiger partial charge in [-0.05, 0) is 24.5 Å². The van der Waals surface area contributed by atoms with Crippen molar-refractivity contribution < 1.29 is 14.7 Å². The minimum Gasteiger partial charge on any atom is -0.481 e. The zero-order valence-corrected chi connectivity index (χ0v) is 12.1. The monoisotopic (exact) mass is 288 g/mol. The molecule has 20 heavy (non-hydrogen) atoms. The van der Waals surface area contributed by atoms with Gasteiger partial charge in [0.25, 0.3) is 0 Å². The second-order valence-electron chi connectivity index (χ2n) is 4.82. The number of rotatable bonds is 4. The fourth-order valence-corrected chi connectivity index (χ4v) is 2.63. The molecule has 0 radical (unpaired) electrons. The van der Waals surface area contributed by atoms with Crippen LogP contribution < -0.4 is 0 Å². The first-order chi connectivity index (χ1) is 9.56. The Labute approximate surface area is 122 Å². The van der Waals surface area contributed by atoms with Crippen molar-refractivity contribution >= 4 is 22.8 Å². The van der Waals surface area contributed by atoms with Crippen molar-refractivity contribution in [3.63, 3.8) is 0 Å². The van der Waals surface area contributed by atoms with Crippen LogP contribution in [0.5, 0.6) is 0 Å². The Morgan fingerprint density at radius 3 is 2.65 bits per heavy atom. The first-order valence-electron chi connectivity index (χ1n) is 6.51. The molecule has 104 valence electrons. The Balaban J connectivity index is 2.12. The summed E-state index contributed by atoms with van der Waals surface area (Å²) in [6.45, 7) is 1.54. The summed E-state index contributed by atoms with van der Waals surface area (Å²) in [5, 5.41) is 9.46. The first-order valence-corrected chi connectivity index (χ1v) is 7.50. The van der Waals surface area contributed by atoms with Crippen LogP contribution in [0.2, 0.25) is 0 Å². The van der Waals surface area contributed by atoms with Gasteiger partial charge in [-0.25, -0.2) is 0 Å². The van der Waals surface area contributed by atoms with Gasteiger partial charge in [-0.1, -0.05) is 41.8 Å². The normalized spacial score (nSPS) is 15.1. The van der Waals surface area contributed by atoms with Crippen LogP contribution in [0.15, 0.2) is 24.3 Å². The minimum absolute atomic E-state index is 0.0926. The molecule has 0 unspecified atom stereocenters. The highest BCUT2D eigenvalue weighted by Crippen LogP contribution is 2.49. The lowest BCUT2D eigenvalue weighted by atomic mass is 9.91. The predicted molar refractivity (Wildman–Crippen MR) is 79.6 cm³/mol. The largest absolute Gasteiger partial charge is 0.481 e. The molecule has 1 saturated carbocycles.